The molecule has 0 aliphatic heterocycles. The van der Waals surface area contributed by atoms with Crippen molar-refractivity contribution < 1.29 is 0 Å². The molecule has 1 atom stereocenters. The Morgan fingerprint density at radius 1 is 0.833 bits per heavy atom. The quantitative estimate of drug-likeness (QED) is 0.739. The fourth-order valence-electron chi connectivity index (χ4n) is 2.22. The largest absolute Gasteiger partial charge is 0.320 e. The number of hydrogen-bond donors (Lipinski definition) is 1. The van der Waals surface area contributed by atoms with Gasteiger partial charge in [-0.3, -0.25) is 4.98 Å². The van der Waals surface area contributed by atoms with Crippen LogP contribution in [0.4, 0.5) is 0 Å². The number of rotatable bonds is 2. The minimum absolute atomic E-state index is 0.134. The standard InChI is InChI=1S/C16H14N2/c17-15(12-6-2-1-3-7-12)14-10-4-8-13-9-5-11-18-16(13)14/h1-11,15H,17H2. The molecule has 1 unspecified atom stereocenters. The highest BCUT2D eigenvalue weighted by atomic mass is 14.7. The fraction of sp³-hybridized carbons (Fsp3) is 0.0625. The van der Waals surface area contributed by atoms with Gasteiger partial charge in [-0.2, -0.15) is 0 Å². The molecule has 88 valence electrons. The summed E-state index contributed by atoms with van der Waals surface area (Å²) in [5.41, 5.74) is 9.50. The zero-order valence-corrected chi connectivity index (χ0v) is 9.95. The van der Waals surface area contributed by atoms with Gasteiger partial charge in [0.05, 0.1) is 11.6 Å². The van der Waals surface area contributed by atoms with E-state index in [2.05, 4.69) is 17.1 Å². The van der Waals surface area contributed by atoms with Crippen LogP contribution in [0.2, 0.25) is 0 Å². The van der Waals surface area contributed by atoms with E-state index in [-0.39, 0.29) is 6.04 Å². The van der Waals surface area contributed by atoms with Crippen LogP contribution < -0.4 is 5.73 Å². The predicted molar refractivity (Wildman–Crippen MR) is 74.2 cm³/mol. The zero-order valence-electron chi connectivity index (χ0n) is 9.95. The molecule has 0 saturated heterocycles. The number of hydrogen-bond acceptors (Lipinski definition) is 2. The molecule has 3 aromatic rings. The molecule has 18 heavy (non-hydrogen) atoms. The van der Waals surface area contributed by atoms with Crippen LogP contribution in [-0.4, -0.2) is 4.98 Å². The minimum Gasteiger partial charge on any atom is -0.320 e. The van der Waals surface area contributed by atoms with Gasteiger partial charge in [-0.05, 0) is 17.2 Å². The Morgan fingerprint density at radius 3 is 2.44 bits per heavy atom. The fourth-order valence-corrected chi connectivity index (χ4v) is 2.22. The SMILES string of the molecule is NC(c1ccccc1)c1cccc2cccnc12. The van der Waals surface area contributed by atoms with Crippen molar-refractivity contribution in [2.24, 2.45) is 5.73 Å². The Kier molecular flexibility index (Phi) is 2.79. The van der Waals surface area contributed by atoms with E-state index in [1.54, 1.807) is 0 Å². The molecule has 0 amide bonds. The van der Waals surface area contributed by atoms with Gasteiger partial charge >= 0.3 is 0 Å². The summed E-state index contributed by atoms with van der Waals surface area (Å²) in [6.45, 7) is 0. The summed E-state index contributed by atoms with van der Waals surface area (Å²) in [7, 11) is 0. The van der Waals surface area contributed by atoms with Crippen LogP contribution in [-0.2, 0) is 0 Å². The first-order chi connectivity index (χ1) is 8.86. The molecule has 1 aromatic heterocycles. The predicted octanol–water partition coefficient (Wildman–Crippen LogP) is 3.28. The third kappa shape index (κ3) is 1.87. The summed E-state index contributed by atoms with van der Waals surface area (Å²) in [6, 6.07) is 20.1. The number of para-hydroxylation sites is 1. The maximum absolute atomic E-state index is 6.34. The molecule has 2 aromatic carbocycles. The average Bonchev–Trinajstić information content (AvgIpc) is 2.47. The number of benzene rings is 2. The highest BCUT2D eigenvalue weighted by molar-refractivity contribution is 5.82. The van der Waals surface area contributed by atoms with Crippen LogP contribution in [0, 0.1) is 0 Å². The lowest BCUT2D eigenvalue weighted by atomic mass is 9.97. The van der Waals surface area contributed by atoms with Gasteiger partial charge in [0.1, 0.15) is 0 Å². The Labute approximate surface area is 106 Å². The summed E-state index contributed by atoms with van der Waals surface area (Å²) in [5.74, 6) is 0. The Bertz CT molecular complexity index is 657. The van der Waals surface area contributed by atoms with Crippen LogP contribution in [0.1, 0.15) is 17.2 Å². The maximum Gasteiger partial charge on any atom is 0.0753 e. The molecule has 0 spiro atoms. The molecule has 2 heteroatoms. The summed E-state index contributed by atoms with van der Waals surface area (Å²) in [4.78, 5) is 4.45. The summed E-state index contributed by atoms with van der Waals surface area (Å²) in [5, 5.41) is 1.13. The molecule has 0 bridgehead atoms. The van der Waals surface area contributed by atoms with E-state index in [0.29, 0.717) is 0 Å². The first-order valence-corrected chi connectivity index (χ1v) is 6.00. The van der Waals surface area contributed by atoms with E-state index in [1.807, 2.05) is 54.7 Å². The summed E-state index contributed by atoms with van der Waals surface area (Å²) < 4.78 is 0. The van der Waals surface area contributed by atoms with Gasteiger partial charge in [0.2, 0.25) is 0 Å². The first kappa shape index (κ1) is 10.9. The lowest BCUT2D eigenvalue weighted by molar-refractivity contribution is 0.877. The number of fused-ring (bicyclic) bond motifs is 1. The van der Waals surface area contributed by atoms with Crippen LogP contribution in [0.3, 0.4) is 0 Å². The zero-order chi connectivity index (χ0) is 12.4. The van der Waals surface area contributed by atoms with E-state index in [9.17, 15) is 0 Å². The van der Waals surface area contributed by atoms with Gasteiger partial charge in [-0.25, -0.2) is 0 Å². The van der Waals surface area contributed by atoms with Crippen molar-refractivity contribution in [2.45, 2.75) is 6.04 Å². The molecule has 0 saturated carbocycles. The van der Waals surface area contributed by atoms with Crippen molar-refractivity contribution >= 4 is 10.9 Å². The lowest BCUT2D eigenvalue weighted by Gasteiger charge is -2.14. The number of nitrogens with two attached hydrogens (primary N) is 1. The number of nitrogens with zero attached hydrogens (tertiary/aromatic N) is 1. The van der Waals surface area contributed by atoms with Crippen LogP contribution >= 0.6 is 0 Å². The number of pyridine rings is 1. The monoisotopic (exact) mass is 234 g/mol. The third-order valence-electron chi connectivity index (χ3n) is 3.16. The second-order valence-corrected chi connectivity index (χ2v) is 4.31. The molecule has 2 N–H and O–H groups in total. The molecule has 0 aliphatic carbocycles. The van der Waals surface area contributed by atoms with E-state index in [1.165, 1.54) is 0 Å². The first-order valence-electron chi connectivity index (χ1n) is 6.00. The van der Waals surface area contributed by atoms with Gasteiger partial charge < -0.3 is 5.73 Å². The molecular formula is C16H14N2. The van der Waals surface area contributed by atoms with Gasteiger partial charge in [-0.15, -0.1) is 0 Å². The van der Waals surface area contributed by atoms with Gasteiger partial charge in [-0.1, -0.05) is 54.6 Å². The highest BCUT2D eigenvalue weighted by Gasteiger charge is 2.12. The van der Waals surface area contributed by atoms with Crippen molar-refractivity contribution in [2.75, 3.05) is 0 Å². The normalized spacial score (nSPS) is 12.5. The van der Waals surface area contributed by atoms with Crippen molar-refractivity contribution in [1.82, 2.24) is 4.98 Å². The highest BCUT2D eigenvalue weighted by Crippen LogP contribution is 2.25. The van der Waals surface area contributed by atoms with Crippen molar-refractivity contribution in [1.29, 1.82) is 0 Å². The molecule has 0 radical (unpaired) electrons. The van der Waals surface area contributed by atoms with E-state index in [4.69, 9.17) is 5.73 Å². The second kappa shape index (κ2) is 4.59. The molecule has 0 fully saturated rings. The van der Waals surface area contributed by atoms with Gasteiger partial charge in [0.25, 0.3) is 0 Å². The second-order valence-electron chi connectivity index (χ2n) is 4.31. The lowest BCUT2D eigenvalue weighted by Crippen LogP contribution is -2.12. The van der Waals surface area contributed by atoms with Gasteiger partial charge in [0.15, 0.2) is 0 Å². The van der Waals surface area contributed by atoms with Crippen molar-refractivity contribution in [3.63, 3.8) is 0 Å². The molecule has 2 nitrogen and oxygen atoms in total. The van der Waals surface area contributed by atoms with Crippen LogP contribution in [0.5, 0.6) is 0 Å². The Morgan fingerprint density at radius 2 is 1.61 bits per heavy atom. The van der Waals surface area contributed by atoms with Crippen LogP contribution in [0.15, 0.2) is 66.9 Å². The van der Waals surface area contributed by atoms with Gasteiger partial charge in [0, 0.05) is 11.6 Å². The molecule has 1 heterocycles. The van der Waals surface area contributed by atoms with E-state index >= 15 is 0 Å². The molecular weight excluding hydrogens is 220 g/mol. The third-order valence-corrected chi connectivity index (χ3v) is 3.16. The average molecular weight is 234 g/mol. The Hall–Kier alpha value is -2.19. The number of aromatic nitrogens is 1. The van der Waals surface area contributed by atoms with E-state index in [0.717, 1.165) is 22.0 Å². The van der Waals surface area contributed by atoms with Crippen molar-refractivity contribution in [3.8, 4) is 0 Å². The smallest absolute Gasteiger partial charge is 0.0753 e. The van der Waals surface area contributed by atoms with E-state index < -0.39 is 0 Å². The van der Waals surface area contributed by atoms with Crippen LogP contribution in [0.25, 0.3) is 10.9 Å². The Balaban J connectivity index is 2.15. The summed E-state index contributed by atoms with van der Waals surface area (Å²) in [6.07, 6.45) is 1.81. The summed E-state index contributed by atoms with van der Waals surface area (Å²) >= 11 is 0. The maximum atomic E-state index is 6.34. The van der Waals surface area contributed by atoms with Crippen molar-refractivity contribution in [3.05, 3.63) is 78.0 Å². The molecule has 0 aliphatic rings. The topological polar surface area (TPSA) is 38.9 Å². The minimum atomic E-state index is -0.134. The molecule has 3 rings (SSSR count).